The molecular weight excluding hydrogens is 332 g/mol. The Hall–Kier alpha value is -0.370. The highest BCUT2D eigenvalue weighted by Crippen LogP contribution is 2.68. The number of carbonyl (C=O) groups is 1. The maximum Gasteiger partial charge on any atom is 0.129 e. The number of hydrogen-bond donors (Lipinski definition) is 1. The van der Waals surface area contributed by atoms with Crippen LogP contribution in [0.5, 0.6) is 0 Å². The van der Waals surface area contributed by atoms with Crippen molar-refractivity contribution < 1.29 is 15.4 Å². The number of aliphatic hydroxyl groups excluding tert-OH is 1. The van der Waals surface area contributed by atoms with Gasteiger partial charge >= 0.3 is 0 Å². The van der Waals surface area contributed by atoms with Crippen LogP contribution in [0.1, 0.15) is 104 Å². The van der Waals surface area contributed by atoms with E-state index in [4.69, 9.17) is 5.48 Å². The second-order valence-corrected chi connectivity index (χ2v) is 10.9. The van der Waals surface area contributed by atoms with Crippen molar-refractivity contribution in [3.05, 3.63) is 0 Å². The predicted octanol–water partition coefficient (Wildman–Crippen LogP) is 6.01. The lowest BCUT2D eigenvalue weighted by molar-refractivity contribution is -0.129. The first-order chi connectivity index (χ1) is 14.2. The van der Waals surface area contributed by atoms with Gasteiger partial charge in [0.05, 0.1) is 6.10 Å². The molecule has 0 bridgehead atoms. The van der Waals surface area contributed by atoms with E-state index in [2.05, 4.69) is 20.8 Å². The van der Waals surface area contributed by atoms with Crippen molar-refractivity contribution >= 4 is 5.78 Å². The molecule has 4 aliphatic rings. The lowest BCUT2D eigenvalue weighted by Gasteiger charge is -2.61. The molecule has 0 aromatic rings. The lowest BCUT2D eigenvalue weighted by atomic mass is 9.44. The van der Waals surface area contributed by atoms with E-state index in [-0.39, 0.29) is 23.5 Å². The molecule has 0 aliphatic heterocycles. The quantitative estimate of drug-likeness (QED) is 0.650. The average molecular weight is 379 g/mol. The Morgan fingerprint density at radius 2 is 1.85 bits per heavy atom. The summed E-state index contributed by atoms with van der Waals surface area (Å²) in [6.45, 7) is 8.64. The molecule has 0 aromatic heterocycles. The summed E-state index contributed by atoms with van der Waals surface area (Å²) in [5, 5.41) is 10.5. The van der Waals surface area contributed by atoms with E-state index in [9.17, 15) is 9.90 Å². The molecule has 27 heavy (non-hydrogen) atoms. The van der Waals surface area contributed by atoms with Gasteiger partial charge in [-0.2, -0.15) is 0 Å². The van der Waals surface area contributed by atoms with Gasteiger partial charge in [0.2, 0.25) is 0 Å². The molecule has 2 heteroatoms. The third kappa shape index (κ3) is 3.22. The van der Waals surface area contributed by atoms with Gasteiger partial charge in [0.15, 0.2) is 0 Å². The topological polar surface area (TPSA) is 37.3 Å². The van der Waals surface area contributed by atoms with E-state index < -0.39 is 24.3 Å². The Morgan fingerprint density at radius 1 is 1.11 bits per heavy atom. The maximum absolute atomic E-state index is 11.5. The summed E-state index contributed by atoms with van der Waals surface area (Å²) in [4.78, 5) is 11.5. The van der Waals surface area contributed by atoms with Gasteiger partial charge < -0.3 is 9.90 Å². The Kier molecular flexibility index (Phi) is 4.10. The molecule has 4 saturated carbocycles. The van der Waals surface area contributed by atoms with Crippen molar-refractivity contribution in [1.29, 1.82) is 0 Å². The molecule has 4 aliphatic carbocycles. The van der Waals surface area contributed by atoms with Crippen LogP contribution in [-0.4, -0.2) is 17.0 Å². The van der Waals surface area contributed by atoms with Crippen molar-refractivity contribution in [2.75, 3.05) is 0 Å². The second-order valence-electron chi connectivity index (χ2n) is 10.9. The van der Waals surface area contributed by atoms with Crippen LogP contribution in [0.3, 0.4) is 0 Å². The smallest absolute Gasteiger partial charge is 0.129 e. The highest BCUT2D eigenvalue weighted by atomic mass is 16.3. The summed E-state index contributed by atoms with van der Waals surface area (Å²) in [6, 6.07) is 0. The highest BCUT2D eigenvalue weighted by Gasteiger charge is 2.60. The molecule has 0 saturated heterocycles. The molecule has 2 nitrogen and oxygen atoms in total. The van der Waals surface area contributed by atoms with Gasteiger partial charge in [-0.25, -0.2) is 0 Å². The number of rotatable bonds is 4. The number of fused-ring (bicyclic) bond motifs is 5. The van der Waals surface area contributed by atoms with Gasteiger partial charge in [0.25, 0.3) is 0 Å². The second kappa shape index (κ2) is 7.15. The molecular formula is C25H42O2. The zero-order valence-electron chi connectivity index (χ0n) is 21.8. The van der Waals surface area contributed by atoms with E-state index in [0.717, 1.165) is 32.1 Å². The van der Waals surface area contributed by atoms with Crippen LogP contribution < -0.4 is 0 Å². The van der Waals surface area contributed by atoms with E-state index in [1.165, 1.54) is 12.8 Å². The minimum atomic E-state index is -1.88. The van der Waals surface area contributed by atoms with Gasteiger partial charge in [0, 0.05) is 11.9 Å². The average Bonchev–Trinajstić information content (AvgIpc) is 3.01. The van der Waals surface area contributed by atoms with Crippen LogP contribution in [0.15, 0.2) is 0 Å². The number of Topliss-reactive ketones (excluding diaryl/α,β-unsaturated/α-hetero) is 1. The van der Waals surface area contributed by atoms with Crippen LogP contribution in [0.2, 0.25) is 0 Å². The van der Waals surface area contributed by atoms with Gasteiger partial charge in [-0.1, -0.05) is 20.8 Å². The minimum Gasteiger partial charge on any atom is -0.393 e. The zero-order valence-corrected chi connectivity index (χ0v) is 17.8. The number of aliphatic hydroxyl groups is 1. The van der Waals surface area contributed by atoms with Crippen LogP contribution in [0.4, 0.5) is 0 Å². The summed E-state index contributed by atoms with van der Waals surface area (Å²) in [5.74, 6) is 2.71. The van der Waals surface area contributed by atoms with Gasteiger partial charge in [-0.05, 0) is 117 Å². The van der Waals surface area contributed by atoms with Crippen LogP contribution in [0, 0.1) is 46.3 Å². The molecule has 0 radical (unpaired) electrons. The van der Waals surface area contributed by atoms with Crippen molar-refractivity contribution in [3.8, 4) is 0 Å². The first-order valence-corrected chi connectivity index (χ1v) is 11.4. The molecule has 154 valence electrons. The summed E-state index contributed by atoms with van der Waals surface area (Å²) in [5.41, 5.74) is -0.110. The van der Waals surface area contributed by atoms with Crippen LogP contribution >= 0.6 is 0 Å². The van der Waals surface area contributed by atoms with Crippen LogP contribution in [0.25, 0.3) is 0 Å². The summed E-state index contributed by atoms with van der Waals surface area (Å²) in [6.07, 6.45) is 3.02. The maximum atomic E-state index is 11.5. The van der Waals surface area contributed by atoms with Crippen molar-refractivity contribution in [2.24, 2.45) is 46.3 Å². The van der Waals surface area contributed by atoms with Crippen molar-refractivity contribution in [1.82, 2.24) is 0 Å². The van der Waals surface area contributed by atoms with E-state index in [1.807, 2.05) is 0 Å². The fraction of sp³-hybridized carbons (Fsp3) is 0.960. The molecule has 0 aromatic carbocycles. The van der Waals surface area contributed by atoms with Crippen LogP contribution in [-0.2, 0) is 4.79 Å². The fourth-order valence-corrected chi connectivity index (χ4v) is 8.16. The molecule has 0 heterocycles. The Morgan fingerprint density at radius 3 is 2.59 bits per heavy atom. The molecule has 0 amide bonds. The Balaban J connectivity index is 1.59. The van der Waals surface area contributed by atoms with Gasteiger partial charge in [-0.15, -0.1) is 0 Å². The fourth-order valence-electron chi connectivity index (χ4n) is 8.16. The summed E-state index contributed by atoms with van der Waals surface area (Å²) in [7, 11) is 0. The first-order valence-electron chi connectivity index (χ1n) is 13.4. The normalized spacial score (nSPS) is 56.3. The summed E-state index contributed by atoms with van der Waals surface area (Å²) >= 11 is 0. The standard InChI is InChI=1S/C25H42O2/c1-16(5-6-17(2)26)21-9-10-22-20-8-7-18-15-19(27)11-13-24(18,3)23(20)12-14-25(21,22)4/h16,18-23,27H,5-15H2,1-4H3/t16-,18-,19+,20+,21-,22+,23+,24+,25-/m1/s1/i11D2,15D2. The Labute approximate surface area is 172 Å². The molecule has 9 atom stereocenters. The van der Waals surface area contributed by atoms with Crippen molar-refractivity contribution in [2.45, 2.75) is 104 Å². The van der Waals surface area contributed by atoms with Gasteiger partial charge in [-0.3, -0.25) is 0 Å². The number of hydrogen-bond acceptors (Lipinski definition) is 2. The molecule has 0 spiro atoms. The molecule has 1 N–H and O–H groups in total. The lowest BCUT2D eigenvalue weighted by Crippen LogP contribution is -2.54. The third-order valence-electron chi connectivity index (χ3n) is 9.62. The predicted molar refractivity (Wildman–Crippen MR) is 110 cm³/mol. The van der Waals surface area contributed by atoms with E-state index >= 15 is 0 Å². The zero-order chi connectivity index (χ0) is 23.0. The first kappa shape index (κ1) is 15.5. The largest absolute Gasteiger partial charge is 0.393 e. The third-order valence-corrected chi connectivity index (χ3v) is 9.62. The van der Waals surface area contributed by atoms with E-state index in [1.54, 1.807) is 6.92 Å². The number of ketones is 1. The molecule has 4 fully saturated rings. The van der Waals surface area contributed by atoms with Gasteiger partial charge in [0.1, 0.15) is 5.78 Å². The van der Waals surface area contributed by atoms with E-state index in [0.29, 0.717) is 36.0 Å². The van der Waals surface area contributed by atoms with Crippen molar-refractivity contribution in [3.63, 3.8) is 0 Å². The Bertz CT molecular complexity index is 724. The highest BCUT2D eigenvalue weighted by molar-refractivity contribution is 5.75. The molecule has 0 unspecified atom stereocenters. The summed E-state index contributed by atoms with van der Waals surface area (Å²) < 4.78 is 34.2. The minimum absolute atomic E-state index is 0.267. The molecule has 4 rings (SSSR count). The SMILES string of the molecule is [2H]C1([2H])C[C@@]2(C)[C@H](CC[C@@H]3[C@@H]2CC[C@]2(C)[C@@H]([C@H](C)CCC(C)=O)CC[C@@H]32)C([2H])([2H])[C@H]1O. The number of carbonyl (C=O) groups excluding carboxylic acids is 1. The monoisotopic (exact) mass is 378 g/mol.